The molecule has 0 aliphatic heterocycles. The second-order valence-electron chi connectivity index (χ2n) is 13.7. The van der Waals surface area contributed by atoms with E-state index in [0.717, 1.165) is 31.6 Å². The molecule has 0 N–H and O–H groups in total. The van der Waals surface area contributed by atoms with E-state index in [4.69, 9.17) is 17.0 Å². The van der Waals surface area contributed by atoms with Crippen LogP contribution in [0.3, 0.4) is 0 Å². The fourth-order valence-electron chi connectivity index (χ4n) is 6.22. The van der Waals surface area contributed by atoms with Gasteiger partial charge in [-0.1, -0.05) is 63.4 Å². The standard InChI is InChI=1S/2C21H23N.C2H6Si.2ClH.Zr/c2*1-5-13-22(3,4)19-11-9-17(10-12-19)20-8-6-7-18-14-16(2)15-21(18)20;1-3-2;;;/h2*5-12,14-15H,1,13H2,2-4H3;1-2H3;2*1H;/q;;;;;+4/p-2. The summed E-state index contributed by atoms with van der Waals surface area (Å²) in [5, 5.41) is 5.32. The molecule has 0 saturated carbocycles. The number of likely N-dealkylation sites (N-methyl/N-ethyl adjacent to an activating group) is 2. The van der Waals surface area contributed by atoms with Gasteiger partial charge in [0.05, 0.1) is 28.2 Å². The SMILES string of the molecule is C=CC[N+](C)(C)c1ccc(-c2cccc3[cH-]c(C)cc23)cc1.C=CC[N+](C)(C)c1ccc(-c2cccc3[cH-]c(C)cc23)cc1.C[Si]C.[Cl][Zr+2][Cl]. The number of hydrogen-bond acceptors (Lipinski definition) is 0. The van der Waals surface area contributed by atoms with Crippen LogP contribution < -0.4 is 8.97 Å². The maximum atomic E-state index is 4.93. The Morgan fingerprint density at radius 2 is 0.940 bits per heavy atom. The van der Waals surface area contributed by atoms with Gasteiger partial charge in [0.1, 0.15) is 24.5 Å². The summed E-state index contributed by atoms with van der Waals surface area (Å²) in [6.07, 6.45) is 3.95. The summed E-state index contributed by atoms with van der Waals surface area (Å²) in [5.41, 5.74) is 10.4. The van der Waals surface area contributed by atoms with E-state index in [-0.39, 0.29) is 0 Å². The van der Waals surface area contributed by atoms with Crippen LogP contribution in [0, 0.1) is 13.8 Å². The van der Waals surface area contributed by atoms with E-state index in [0.29, 0.717) is 0 Å². The summed E-state index contributed by atoms with van der Waals surface area (Å²) < 4.78 is 1.65. The zero-order valence-corrected chi connectivity index (χ0v) is 36.0. The van der Waals surface area contributed by atoms with Crippen molar-refractivity contribution in [3.63, 3.8) is 0 Å². The van der Waals surface area contributed by atoms with Crippen molar-refractivity contribution in [3.8, 4) is 22.3 Å². The number of fused-ring (bicyclic) bond motifs is 2. The van der Waals surface area contributed by atoms with E-state index in [1.165, 1.54) is 66.3 Å². The Hall–Kier alpha value is -2.82. The molecule has 6 aromatic rings. The Labute approximate surface area is 323 Å². The van der Waals surface area contributed by atoms with Gasteiger partial charge in [0.25, 0.3) is 0 Å². The molecule has 6 aromatic carbocycles. The van der Waals surface area contributed by atoms with Gasteiger partial charge < -0.3 is 0 Å². The average Bonchev–Trinajstić information content (AvgIpc) is 3.66. The molecule has 2 nitrogen and oxygen atoms in total. The summed E-state index contributed by atoms with van der Waals surface area (Å²) in [6, 6.07) is 40.0. The van der Waals surface area contributed by atoms with E-state index < -0.39 is 20.8 Å². The number of halogens is 2. The Kier molecular flexibility index (Phi) is 16.4. The molecule has 258 valence electrons. The molecule has 6 rings (SSSR count). The van der Waals surface area contributed by atoms with Gasteiger partial charge in [-0.05, 0) is 71.8 Å². The molecule has 50 heavy (non-hydrogen) atoms. The van der Waals surface area contributed by atoms with Crippen molar-refractivity contribution in [2.24, 2.45) is 0 Å². The Bertz CT molecular complexity index is 1810. The van der Waals surface area contributed by atoms with Crippen LogP contribution in [0.25, 0.3) is 43.8 Å². The molecule has 0 atom stereocenters. The second-order valence-corrected chi connectivity index (χ2v) is 18.4. The zero-order valence-electron chi connectivity index (χ0n) is 31.0. The molecule has 0 heterocycles. The second kappa shape index (κ2) is 19.7. The van der Waals surface area contributed by atoms with Crippen LogP contribution in [0.1, 0.15) is 11.1 Å². The molecule has 6 heteroatoms. The van der Waals surface area contributed by atoms with Crippen LogP contribution in [0.4, 0.5) is 11.4 Å². The fourth-order valence-corrected chi connectivity index (χ4v) is 6.22. The first-order chi connectivity index (χ1) is 23.8. The van der Waals surface area contributed by atoms with Gasteiger partial charge >= 0.3 is 37.9 Å². The number of nitrogens with zero attached hydrogens (tertiary/aromatic N) is 2. The maximum absolute atomic E-state index is 4.93. The van der Waals surface area contributed by atoms with Crippen molar-refractivity contribution in [3.05, 3.63) is 146 Å². The van der Waals surface area contributed by atoms with Crippen molar-refractivity contribution in [2.75, 3.05) is 41.3 Å². The third-order valence-electron chi connectivity index (χ3n) is 8.72. The number of aryl methyl sites for hydroxylation is 2. The number of benzene rings is 4. The number of hydrogen-bond donors (Lipinski definition) is 0. The summed E-state index contributed by atoms with van der Waals surface area (Å²) in [6.45, 7) is 18.2. The minimum atomic E-state index is -0.826. The van der Waals surface area contributed by atoms with Gasteiger partial charge in [-0.3, -0.25) is 8.97 Å². The molecular formula is C44H52Cl2N2SiZr+2. The summed E-state index contributed by atoms with van der Waals surface area (Å²) in [7, 11) is 19.8. The Morgan fingerprint density at radius 3 is 1.24 bits per heavy atom. The summed E-state index contributed by atoms with van der Waals surface area (Å²) in [5.74, 6) is 0. The van der Waals surface area contributed by atoms with Gasteiger partial charge in [0, 0.05) is 9.52 Å². The van der Waals surface area contributed by atoms with Crippen molar-refractivity contribution in [2.45, 2.75) is 26.9 Å². The van der Waals surface area contributed by atoms with Crippen LogP contribution in [0.2, 0.25) is 13.1 Å². The van der Waals surface area contributed by atoms with Gasteiger partial charge in [-0.2, -0.15) is 12.1 Å². The van der Waals surface area contributed by atoms with Crippen LogP contribution in [-0.4, -0.2) is 50.8 Å². The molecule has 0 fully saturated rings. The van der Waals surface area contributed by atoms with Gasteiger partial charge in [0.15, 0.2) is 0 Å². The predicted molar refractivity (Wildman–Crippen MR) is 226 cm³/mol. The van der Waals surface area contributed by atoms with E-state index in [1.54, 1.807) is 0 Å². The molecular weight excluding hydrogens is 747 g/mol. The molecule has 0 amide bonds. The minimum absolute atomic E-state index is 0.823. The van der Waals surface area contributed by atoms with E-state index >= 15 is 0 Å². The fraction of sp³-hybridized carbons (Fsp3) is 0.227. The molecule has 2 radical (unpaired) electrons. The van der Waals surface area contributed by atoms with Gasteiger partial charge in [-0.15, -0.1) is 69.1 Å². The third-order valence-corrected chi connectivity index (χ3v) is 8.72. The van der Waals surface area contributed by atoms with Crippen LogP contribution in [0.15, 0.2) is 135 Å². The molecule has 0 bridgehead atoms. The molecule has 0 saturated heterocycles. The first-order valence-electron chi connectivity index (χ1n) is 16.8. The molecule has 0 unspecified atom stereocenters. The van der Waals surface area contributed by atoms with Crippen molar-refractivity contribution >= 4 is 59.5 Å². The normalized spacial score (nSPS) is 10.9. The quantitative estimate of drug-likeness (QED) is 0.0623. The molecule has 0 spiro atoms. The zero-order chi connectivity index (χ0) is 36.9. The van der Waals surface area contributed by atoms with Crippen LogP contribution >= 0.6 is 17.0 Å². The van der Waals surface area contributed by atoms with Crippen molar-refractivity contribution in [1.29, 1.82) is 0 Å². The third kappa shape index (κ3) is 11.1. The summed E-state index contributed by atoms with van der Waals surface area (Å²) >= 11 is -0.826. The van der Waals surface area contributed by atoms with Crippen molar-refractivity contribution in [1.82, 2.24) is 8.97 Å². The Morgan fingerprint density at radius 1 is 0.620 bits per heavy atom. The van der Waals surface area contributed by atoms with Crippen molar-refractivity contribution < 1.29 is 20.8 Å². The number of quaternary nitrogens is 2. The molecule has 0 aliphatic rings. The monoisotopic (exact) mass is 796 g/mol. The molecule has 0 aromatic heterocycles. The summed E-state index contributed by atoms with van der Waals surface area (Å²) in [4.78, 5) is 0. The number of rotatable bonds is 8. The average molecular weight is 799 g/mol. The van der Waals surface area contributed by atoms with E-state index in [9.17, 15) is 0 Å². The topological polar surface area (TPSA) is 0 Å². The molecule has 0 aliphatic carbocycles. The van der Waals surface area contributed by atoms with Gasteiger partial charge in [-0.25, -0.2) is 0 Å². The predicted octanol–water partition coefficient (Wildman–Crippen LogP) is 12.7. The first-order valence-corrected chi connectivity index (χ1v) is 25.1. The van der Waals surface area contributed by atoms with E-state index in [2.05, 4.69) is 177 Å². The Balaban J connectivity index is 0.000000234. The van der Waals surface area contributed by atoms with Crippen LogP contribution in [0.5, 0.6) is 0 Å². The first kappa shape index (κ1) is 41.6. The van der Waals surface area contributed by atoms with E-state index in [1.807, 2.05) is 12.2 Å². The van der Waals surface area contributed by atoms with Gasteiger partial charge in [0.2, 0.25) is 0 Å². The van der Waals surface area contributed by atoms with Crippen LogP contribution in [-0.2, 0) is 20.8 Å².